The molecule has 0 aromatic heterocycles. The average Bonchev–Trinajstić information content (AvgIpc) is 2.78. The fourth-order valence-corrected chi connectivity index (χ4v) is 1.23. The van der Waals surface area contributed by atoms with E-state index in [4.69, 9.17) is 0 Å². The van der Waals surface area contributed by atoms with E-state index in [2.05, 4.69) is 49.3 Å². The van der Waals surface area contributed by atoms with Gasteiger partial charge >= 0.3 is 94.4 Å². The summed E-state index contributed by atoms with van der Waals surface area (Å²) in [6.07, 6.45) is 3.41. The number of hydrogen-bond acceptors (Lipinski definition) is 2. The Labute approximate surface area is 94.6 Å². The molecule has 0 aromatic carbocycles. The Morgan fingerprint density at radius 1 is 1.50 bits per heavy atom. The van der Waals surface area contributed by atoms with E-state index in [0.29, 0.717) is 0 Å². The summed E-state index contributed by atoms with van der Waals surface area (Å²) >= 11 is 2.34. The van der Waals surface area contributed by atoms with Gasteiger partial charge in [-0.05, 0) is 0 Å². The molecule has 0 heterocycles. The topological polar surface area (TPSA) is 32.6 Å². The van der Waals surface area contributed by atoms with E-state index >= 15 is 0 Å². The second kappa shape index (κ2) is 3.76. The molecule has 3 heteroatoms. The van der Waals surface area contributed by atoms with E-state index in [-0.39, 0.29) is 5.41 Å². The van der Waals surface area contributed by atoms with Gasteiger partial charge in [-0.1, -0.05) is 0 Å². The van der Waals surface area contributed by atoms with Crippen LogP contribution in [0.4, 0.5) is 0 Å². The fourth-order valence-electron chi connectivity index (χ4n) is 0.795. The third kappa shape index (κ3) is 2.91. The Morgan fingerprint density at radius 2 is 2.00 bits per heavy atom. The zero-order chi connectivity index (χ0) is 11.0. The van der Waals surface area contributed by atoms with E-state index in [9.17, 15) is 5.11 Å². The summed E-state index contributed by atoms with van der Waals surface area (Å²) in [6, 6.07) is 0. The van der Waals surface area contributed by atoms with Crippen molar-refractivity contribution in [2.75, 3.05) is 0 Å². The van der Waals surface area contributed by atoms with Gasteiger partial charge < -0.3 is 0 Å². The molecule has 1 N–H and O–H groups in total. The van der Waals surface area contributed by atoms with Crippen LogP contribution in [0.15, 0.2) is 17.1 Å². The van der Waals surface area contributed by atoms with Crippen molar-refractivity contribution < 1.29 is 22.1 Å². The first-order valence-electron chi connectivity index (χ1n) is 4.78. The van der Waals surface area contributed by atoms with Gasteiger partial charge in [-0.3, -0.25) is 0 Å². The van der Waals surface area contributed by atoms with E-state index in [1.165, 1.54) is 0 Å². The molecule has 0 bridgehead atoms. The molecule has 0 aliphatic heterocycles. The first-order chi connectivity index (χ1) is 6.26. The SMILES string of the molecule is C=C(C=N[C](=[V])C1(O)CC1)C(C)(C)C. The number of aliphatic hydroxyl groups is 1. The van der Waals surface area contributed by atoms with Crippen molar-refractivity contribution in [2.24, 2.45) is 10.4 Å². The van der Waals surface area contributed by atoms with Gasteiger partial charge in [-0.25, -0.2) is 0 Å². The van der Waals surface area contributed by atoms with E-state index in [1.54, 1.807) is 6.21 Å². The van der Waals surface area contributed by atoms with Gasteiger partial charge in [0.1, 0.15) is 0 Å². The van der Waals surface area contributed by atoms with Gasteiger partial charge in [0.25, 0.3) is 0 Å². The van der Waals surface area contributed by atoms with Crippen molar-refractivity contribution in [3.63, 3.8) is 0 Å². The molecule has 0 radical (unpaired) electrons. The van der Waals surface area contributed by atoms with E-state index in [1.807, 2.05) is 0 Å². The molecule has 0 unspecified atom stereocenters. The van der Waals surface area contributed by atoms with Crippen LogP contribution in [0.3, 0.4) is 0 Å². The number of allylic oxidation sites excluding steroid dienone is 1. The number of nitrogens with zero attached hydrogens (tertiary/aromatic N) is 1. The third-order valence-electron chi connectivity index (χ3n) is 2.45. The van der Waals surface area contributed by atoms with E-state index in [0.717, 1.165) is 22.8 Å². The molecule has 2 nitrogen and oxygen atoms in total. The summed E-state index contributed by atoms with van der Waals surface area (Å²) in [4.78, 5) is 4.24. The Hall–Kier alpha value is -0.176. The molecule has 0 saturated heterocycles. The summed E-state index contributed by atoms with van der Waals surface area (Å²) in [5, 5.41) is 9.72. The summed E-state index contributed by atoms with van der Waals surface area (Å²) in [6.45, 7) is 10.2. The second-order valence-corrected chi connectivity index (χ2v) is 5.55. The minimum absolute atomic E-state index is 0.0446. The monoisotopic (exact) mass is 230 g/mol. The maximum absolute atomic E-state index is 9.72. The summed E-state index contributed by atoms with van der Waals surface area (Å²) in [5.74, 6) is 0. The van der Waals surface area contributed by atoms with Crippen LogP contribution in [-0.4, -0.2) is 21.3 Å². The van der Waals surface area contributed by atoms with Crippen molar-refractivity contribution in [1.82, 2.24) is 0 Å². The van der Waals surface area contributed by atoms with Gasteiger partial charge in [0.15, 0.2) is 0 Å². The van der Waals surface area contributed by atoms with Crippen LogP contribution in [0.25, 0.3) is 0 Å². The van der Waals surface area contributed by atoms with Crippen molar-refractivity contribution >= 4 is 10.6 Å². The molecular weight excluding hydrogens is 213 g/mol. The maximum atomic E-state index is 9.72. The van der Waals surface area contributed by atoms with Crippen LogP contribution in [-0.2, 0) is 17.0 Å². The molecule has 1 saturated carbocycles. The van der Waals surface area contributed by atoms with Crippen LogP contribution in [0.5, 0.6) is 0 Å². The van der Waals surface area contributed by atoms with Crippen molar-refractivity contribution in [2.45, 2.75) is 39.2 Å². The van der Waals surface area contributed by atoms with Gasteiger partial charge in [0.05, 0.1) is 0 Å². The normalized spacial score (nSPS) is 19.6. The molecule has 1 fully saturated rings. The Balaban J connectivity index is 2.56. The number of rotatable bonds is 3. The molecule has 1 aliphatic rings. The van der Waals surface area contributed by atoms with Gasteiger partial charge in [-0.2, -0.15) is 0 Å². The minimum atomic E-state index is -0.630. The van der Waals surface area contributed by atoms with Gasteiger partial charge in [-0.15, -0.1) is 0 Å². The van der Waals surface area contributed by atoms with Gasteiger partial charge in [0, 0.05) is 0 Å². The number of aliphatic imine (C=N–C) groups is 1. The Kier molecular flexibility index (Phi) is 3.20. The molecule has 1 rings (SSSR count). The third-order valence-corrected chi connectivity index (χ3v) is 3.28. The van der Waals surface area contributed by atoms with E-state index < -0.39 is 5.60 Å². The van der Waals surface area contributed by atoms with Crippen molar-refractivity contribution in [1.29, 1.82) is 0 Å². The predicted octanol–water partition coefficient (Wildman–Crippen LogP) is 1.86. The average molecular weight is 230 g/mol. The second-order valence-electron chi connectivity index (χ2n) is 4.89. The van der Waals surface area contributed by atoms with Crippen LogP contribution >= 0.6 is 0 Å². The molecule has 0 aromatic rings. The molecule has 0 spiro atoms. The number of hydrogen-bond donors (Lipinski definition) is 1. The quantitative estimate of drug-likeness (QED) is 0.737. The van der Waals surface area contributed by atoms with Crippen molar-refractivity contribution in [3.05, 3.63) is 12.2 Å². The fraction of sp³-hybridized carbons (Fsp3) is 0.636. The zero-order valence-corrected chi connectivity index (χ0v) is 10.4. The molecule has 0 amide bonds. The summed E-state index contributed by atoms with van der Waals surface area (Å²) in [5.41, 5.74) is 0.391. The summed E-state index contributed by atoms with van der Waals surface area (Å²) in [7, 11) is 0. The molecule has 1 aliphatic carbocycles. The van der Waals surface area contributed by atoms with Crippen LogP contribution in [0.1, 0.15) is 33.6 Å². The predicted molar refractivity (Wildman–Crippen MR) is 56.3 cm³/mol. The van der Waals surface area contributed by atoms with Crippen molar-refractivity contribution in [3.8, 4) is 0 Å². The Morgan fingerprint density at radius 3 is 2.36 bits per heavy atom. The van der Waals surface area contributed by atoms with Crippen LogP contribution in [0.2, 0.25) is 0 Å². The Bertz CT molecular complexity index is 276. The first-order valence-corrected chi connectivity index (χ1v) is 5.48. The standard InChI is InChI=1S/C11H17NO.V/c1-9(10(2,3)4)7-12-8-11(13)5-6-11;/h7,13H,1,5-6H2,2-4H3;. The van der Waals surface area contributed by atoms with Crippen LogP contribution < -0.4 is 0 Å². The first kappa shape index (κ1) is 11.9. The molecule has 14 heavy (non-hydrogen) atoms. The van der Waals surface area contributed by atoms with Crippen LogP contribution in [0, 0.1) is 5.41 Å². The molecule has 0 atom stereocenters. The van der Waals surface area contributed by atoms with Gasteiger partial charge in [0.2, 0.25) is 0 Å². The molecule has 77 valence electrons. The zero-order valence-electron chi connectivity index (χ0n) is 9.04. The molecular formula is C11H17NOV. The summed E-state index contributed by atoms with van der Waals surface area (Å²) < 4.78 is 0.746.